The molecule has 0 saturated heterocycles. The van der Waals surface area contributed by atoms with E-state index in [1.54, 1.807) is 24.4 Å². The molecule has 7 heteroatoms. The molecule has 130 valence electrons. The predicted octanol–water partition coefficient (Wildman–Crippen LogP) is 3.32. The molecule has 0 saturated carbocycles. The Morgan fingerprint density at radius 1 is 1.23 bits per heavy atom. The molecule has 1 aliphatic heterocycles. The molecule has 0 atom stereocenters. The van der Waals surface area contributed by atoms with E-state index in [1.807, 2.05) is 18.2 Å². The Labute approximate surface area is 153 Å². The summed E-state index contributed by atoms with van der Waals surface area (Å²) in [6, 6.07) is 15.0. The van der Waals surface area contributed by atoms with Gasteiger partial charge in [0.15, 0.2) is 11.7 Å². The summed E-state index contributed by atoms with van der Waals surface area (Å²) in [6.07, 6.45) is 2.56. The van der Waals surface area contributed by atoms with Gasteiger partial charge in [-0.15, -0.1) is 11.3 Å². The van der Waals surface area contributed by atoms with Gasteiger partial charge in [-0.25, -0.2) is 4.98 Å². The normalized spacial score (nSPS) is 12.7. The van der Waals surface area contributed by atoms with E-state index < -0.39 is 0 Å². The zero-order chi connectivity index (χ0) is 17.9. The highest BCUT2D eigenvalue weighted by Crippen LogP contribution is 2.29. The van der Waals surface area contributed by atoms with E-state index in [4.69, 9.17) is 4.74 Å². The van der Waals surface area contributed by atoms with Crippen molar-refractivity contribution < 1.29 is 14.3 Å². The van der Waals surface area contributed by atoms with E-state index in [0.29, 0.717) is 22.1 Å². The van der Waals surface area contributed by atoms with Crippen LogP contribution in [-0.2, 0) is 11.2 Å². The number of carbonyl (C=O) groups is 2. The number of ether oxygens (including phenoxy) is 1. The number of nitrogens with one attached hydrogen (secondary N) is 2. The zero-order valence-corrected chi connectivity index (χ0v) is 14.5. The summed E-state index contributed by atoms with van der Waals surface area (Å²) in [4.78, 5) is 29.1. The summed E-state index contributed by atoms with van der Waals surface area (Å²) >= 11 is 1.45. The molecule has 3 aromatic rings. The maximum Gasteiger partial charge on any atom is 0.262 e. The summed E-state index contributed by atoms with van der Waals surface area (Å²) < 4.78 is 5.34. The van der Waals surface area contributed by atoms with Crippen LogP contribution in [0.4, 0.5) is 10.8 Å². The molecule has 2 aromatic carbocycles. The van der Waals surface area contributed by atoms with Crippen LogP contribution < -0.4 is 15.4 Å². The Morgan fingerprint density at radius 2 is 2.08 bits per heavy atom. The molecule has 0 aliphatic carbocycles. The Hall–Kier alpha value is -3.19. The number of nitrogens with zero attached hydrogens (tertiary/aromatic N) is 1. The molecular formula is C19H15N3O3S. The summed E-state index contributed by atoms with van der Waals surface area (Å²) in [7, 11) is 0. The maximum atomic E-state index is 12.4. The van der Waals surface area contributed by atoms with Crippen LogP contribution in [0.15, 0.2) is 54.7 Å². The molecule has 0 unspecified atom stereocenters. The fourth-order valence-electron chi connectivity index (χ4n) is 2.63. The van der Waals surface area contributed by atoms with Gasteiger partial charge in [0.05, 0.1) is 5.69 Å². The fraction of sp³-hybridized carbons (Fsp3) is 0.105. The number of anilines is 2. The quantitative estimate of drug-likeness (QED) is 0.743. The van der Waals surface area contributed by atoms with E-state index in [0.717, 1.165) is 11.3 Å². The molecular weight excluding hydrogens is 350 g/mol. The molecule has 0 fully saturated rings. The minimum absolute atomic E-state index is 0.0482. The van der Waals surface area contributed by atoms with Gasteiger partial charge in [-0.3, -0.25) is 14.9 Å². The largest absolute Gasteiger partial charge is 0.482 e. The molecule has 2 amide bonds. The van der Waals surface area contributed by atoms with E-state index in [-0.39, 0.29) is 18.4 Å². The number of aromatic nitrogens is 1. The lowest BCUT2D eigenvalue weighted by Crippen LogP contribution is -2.25. The van der Waals surface area contributed by atoms with Crippen molar-refractivity contribution in [2.24, 2.45) is 0 Å². The van der Waals surface area contributed by atoms with Crippen LogP contribution in [0.3, 0.4) is 0 Å². The van der Waals surface area contributed by atoms with Crippen LogP contribution in [0.25, 0.3) is 0 Å². The second-order valence-corrected chi connectivity index (χ2v) is 6.91. The lowest BCUT2D eigenvalue weighted by molar-refractivity contribution is -0.118. The Kier molecular flexibility index (Phi) is 4.37. The number of amides is 2. The van der Waals surface area contributed by atoms with E-state index in [2.05, 4.69) is 27.8 Å². The molecule has 6 nitrogen and oxygen atoms in total. The summed E-state index contributed by atoms with van der Waals surface area (Å²) in [5.41, 5.74) is 2.21. The maximum absolute atomic E-state index is 12.4. The van der Waals surface area contributed by atoms with Crippen molar-refractivity contribution in [2.45, 2.75) is 6.42 Å². The second-order valence-electron chi connectivity index (χ2n) is 5.80. The minimum atomic E-state index is -0.270. The molecule has 4 rings (SSSR count). The van der Waals surface area contributed by atoms with Gasteiger partial charge in [0, 0.05) is 23.1 Å². The summed E-state index contributed by atoms with van der Waals surface area (Å²) in [5, 5.41) is 6.05. The molecule has 2 heterocycles. The van der Waals surface area contributed by atoms with Crippen LogP contribution in [0.5, 0.6) is 5.75 Å². The highest BCUT2D eigenvalue weighted by atomic mass is 32.1. The van der Waals surface area contributed by atoms with Crippen LogP contribution in [0, 0.1) is 0 Å². The van der Waals surface area contributed by atoms with E-state index in [9.17, 15) is 9.59 Å². The standard InChI is InChI=1S/C19H15N3O3S/c23-17-11-25-16-9-13(6-7-15(16)21-17)18(24)22-19-20-10-14(26-19)8-12-4-2-1-3-5-12/h1-7,9-10H,8,11H2,(H,21,23)(H,20,22,24). The molecule has 0 radical (unpaired) electrons. The number of hydrogen-bond donors (Lipinski definition) is 2. The average molecular weight is 365 g/mol. The third-order valence-electron chi connectivity index (χ3n) is 3.87. The monoisotopic (exact) mass is 365 g/mol. The van der Waals surface area contributed by atoms with Crippen molar-refractivity contribution in [3.63, 3.8) is 0 Å². The third-order valence-corrected chi connectivity index (χ3v) is 4.78. The second kappa shape index (κ2) is 6.97. The smallest absolute Gasteiger partial charge is 0.262 e. The van der Waals surface area contributed by atoms with Crippen LogP contribution in [0.1, 0.15) is 20.8 Å². The first-order chi connectivity index (χ1) is 12.7. The highest BCUT2D eigenvalue weighted by Gasteiger charge is 2.18. The topological polar surface area (TPSA) is 80.3 Å². The van der Waals surface area contributed by atoms with Gasteiger partial charge in [-0.2, -0.15) is 0 Å². The summed E-state index contributed by atoms with van der Waals surface area (Å²) in [5.74, 6) is 0.0125. The van der Waals surface area contributed by atoms with Gasteiger partial charge in [0.25, 0.3) is 11.8 Å². The van der Waals surface area contributed by atoms with Crippen LogP contribution in [-0.4, -0.2) is 23.4 Å². The van der Waals surface area contributed by atoms with Crippen molar-refractivity contribution in [2.75, 3.05) is 17.2 Å². The molecule has 0 spiro atoms. The lowest BCUT2D eigenvalue weighted by Gasteiger charge is -2.18. The SMILES string of the molecule is O=C1COc2cc(C(=O)Nc3ncc(Cc4ccccc4)s3)ccc2N1. The Balaban J connectivity index is 1.44. The van der Waals surface area contributed by atoms with Gasteiger partial charge in [0.1, 0.15) is 5.75 Å². The van der Waals surface area contributed by atoms with Gasteiger partial charge in [-0.1, -0.05) is 30.3 Å². The van der Waals surface area contributed by atoms with Gasteiger partial charge in [-0.05, 0) is 23.8 Å². The molecule has 1 aromatic heterocycles. The number of fused-ring (bicyclic) bond motifs is 1. The third kappa shape index (κ3) is 3.57. The first-order valence-electron chi connectivity index (χ1n) is 8.04. The van der Waals surface area contributed by atoms with Crippen molar-refractivity contribution in [3.05, 3.63) is 70.7 Å². The number of rotatable bonds is 4. The van der Waals surface area contributed by atoms with Crippen LogP contribution in [0.2, 0.25) is 0 Å². The Bertz CT molecular complexity index is 969. The van der Waals surface area contributed by atoms with Crippen molar-refractivity contribution in [1.29, 1.82) is 0 Å². The average Bonchev–Trinajstić information content (AvgIpc) is 3.08. The lowest BCUT2D eigenvalue weighted by atomic mass is 10.1. The number of thiazole rings is 1. The fourth-order valence-corrected chi connectivity index (χ4v) is 3.47. The minimum Gasteiger partial charge on any atom is -0.482 e. The van der Waals surface area contributed by atoms with Crippen molar-refractivity contribution in [1.82, 2.24) is 4.98 Å². The number of hydrogen-bond acceptors (Lipinski definition) is 5. The molecule has 1 aliphatic rings. The van der Waals surface area contributed by atoms with Gasteiger partial charge < -0.3 is 10.1 Å². The van der Waals surface area contributed by atoms with Gasteiger partial charge in [0.2, 0.25) is 0 Å². The molecule has 0 bridgehead atoms. The van der Waals surface area contributed by atoms with Crippen molar-refractivity contribution in [3.8, 4) is 5.75 Å². The number of benzene rings is 2. The molecule has 2 N–H and O–H groups in total. The van der Waals surface area contributed by atoms with Crippen molar-refractivity contribution >= 4 is 34.0 Å². The molecule has 26 heavy (non-hydrogen) atoms. The van der Waals surface area contributed by atoms with Gasteiger partial charge >= 0.3 is 0 Å². The first-order valence-corrected chi connectivity index (χ1v) is 8.86. The predicted molar refractivity (Wildman–Crippen MR) is 99.9 cm³/mol. The highest BCUT2D eigenvalue weighted by molar-refractivity contribution is 7.15. The van der Waals surface area contributed by atoms with E-state index >= 15 is 0 Å². The first kappa shape index (κ1) is 16.3. The van der Waals surface area contributed by atoms with E-state index in [1.165, 1.54) is 16.9 Å². The summed E-state index contributed by atoms with van der Waals surface area (Å²) in [6.45, 7) is -0.0482. The number of carbonyl (C=O) groups excluding carboxylic acids is 2. The van der Waals surface area contributed by atoms with Crippen LogP contribution >= 0.6 is 11.3 Å². The Morgan fingerprint density at radius 3 is 2.92 bits per heavy atom. The zero-order valence-electron chi connectivity index (χ0n) is 13.7.